The molecule has 0 aromatic heterocycles. The lowest BCUT2D eigenvalue weighted by molar-refractivity contribution is -0.253. The topological polar surface area (TPSA) is 113 Å². The summed E-state index contributed by atoms with van der Waals surface area (Å²) >= 11 is 0. The first-order valence-electron chi connectivity index (χ1n) is 17.2. The third-order valence-corrected chi connectivity index (χ3v) is 9.73. The van der Waals surface area contributed by atoms with Crippen LogP contribution in [-0.4, -0.2) is 84.9 Å². The molecule has 3 N–H and O–H groups in total. The van der Waals surface area contributed by atoms with Gasteiger partial charge in [0, 0.05) is 43.2 Å². The number of amides is 2. The van der Waals surface area contributed by atoms with Gasteiger partial charge in [-0.15, -0.1) is 0 Å². The van der Waals surface area contributed by atoms with E-state index in [2.05, 4.69) is 20.4 Å². The Balaban J connectivity index is 1.12. The molecule has 3 heterocycles. The molecule has 0 saturated carbocycles. The highest BCUT2D eigenvalue weighted by Gasteiger charge is 2.36. The Morgan fingerprint density at radius 1 is 0.875 bits per heavy atom. The average molecular weight is 657 g/mol. The van der Waals surface area contributed by atoms with Crippen LogP contribution >= 0.6 is 0 Å². The number of nitrogens with zero attached hydrogens (tertiary/aromatic N) is 2. The van der Waals surface area contributed by atoms with Crippen molar-refractivity contribution in [2.45, 2.75) is 75.7 Å². The molecule has 5 atom stereocenters. The zero-order chi connectivity index (χ0) is 33.3. The number of urea groups is 1. The number of carbonyl (C=O) groups is 2. The molecule has 2 amide bonds. The monoisotopic (exact) mass is 656 g/mol. The second-order valence-corrected chi connectivity index (χ2v) is 13.1. The molecule has 3 aliphatic heterocycles. The lowest BCUT2D eigenvalue weighted by atomic mass is 9.99. The Bertz CT molecular complexity index is 1460. The van der Waals surface area contributed by atoms with Crippen LogP contribution in [0.4, 0.5) is 10.5 Å². The number of carbonyl (C=O) groups excluding carboxylic acids is 2. The Labute approximate surface area is 283 Å². The highest BCUT2D eigenvalue weighted by atomic mass is 16.7. The second kappa shape index (κ2) is 16.5. The molecule has 3 aromatic carbocycles. The molecular weight excluding hydrogens is 608 g/mol. The van der Waals surface area contributed by atoms with Crippen molar-refractivity contribution < 1.29 is 28.9 Å². The van der Waals surface area contributed by atoms with Crippen LogP contribution in [0.3, 0.4) is 0 Å². The molecule has 10 nitrogen and oxygen atoms in total. The highest BCUT2D eigenvalue weighted by Crippen LogP contribution is 2.39. The predicted molar refractivity (Wildman–Crippen MR) is 183 cm³/mol. The molecule has 0 bridgehead atoms. The Kier molecular flexibility index (Phi) is 11.7. The van der Waals surface area contributed by atoms with Crippen LogP contribution in [0.5, 0.6) is 0 Å². The summed E-state index contributed by atoms with van der Waals surface area (Å²) in [5, 5.41) is 15.1. The number of hydrogen-bond donors (Lipinski definition) is 3. The maximum atomic E-state index is 12.9. The van der Waals surface area contributed by atoms with Gasteiger partial charge >= 0.3 is 12.0 Å². The van der Waals surface area contributed by atoms with E-state index in [0.29, 0.717) is 18.2 Å². The summed E-state index contributed by atoms with van der Waals surface area (Å²) in [6, 6.07) is 24.1. The van der Waals surface area contributed by atoms with E-state index < -0.39 is 24.3 Å². The SMILES string of the molecule is COC(=O)[C@H](Cc1ccccc1)NC(=O)Nc1ccc([C@H]2O[C@@H](CN3CCC[C@H]3CN3CCCC3)C[C@@H](c3ccc(CO)cc3)O2)cc1. The van der Waals surface area contributed by atoms with Crippen LogP contribution in [0.1, 0.15) is 66.8 Å². The van der Waals surface area contributed by atoms with E-state index in [1.807, 2.05) is 78.9 Å². The Morgan fingerprint density at radius 2 is 1.60 bits per heavy atom. The van der Waals surface area contributed by atoms with Crippen molar-refractivity contribution in [1.29, 1.82) is 0 Å². The summed E-state index contributed by atoms with van der Waals surface area (Å²) in [5.41, 5.74) is 4.27. The highest BCUT2D eigenvalue weighted by molar-refractivity contribution is 5.92. The fraction of sp³-hybridized carbons (Fsp3) is 0.474. The van der Waals surface area contributed by atoms with Crippen LogP contribution < -0.4 is 10.6 Å². The number of likely N-dealkylation sites (tertiary alicyclic amines) is 2. The number of benzene rings is 3. The zero-order valence-electron chi connectivity index (χ0n) is 27.8. The van der Waals surface area contributed by atoms with Gasteiger partial charge in [-0.2, -0.15) is 0 Å². The van der Waals surface area contributed by atoms with Crippen molar-refractivity contribution in [2.75, 3.05) is 45.2 Å². The molecule has 3 aromatic rings. The Hall–Kier alpha value is -3.80. The minimum Gasteiger partial charge on any atom is -0.467 e. The van der Waals surface area contributed by atoms with Crippen LogP contribution in [0.25, 0.3) is 0 Å². The van der Waals surface area contributed by atoms with Crippen molar-refractivity contribution >= 4 is 17.7 Å². The molecule has 10 heteroatoms. The van der Waals surface area contributed by atoms with E-state index in [9.17, 15) is 14.7 Å². The van der Waals surface area contributed by atoms with Crippen molar-refractivity contribution in [2.24, 2.45) is 0 Å². The molecule has 256 valence electrons. The summed E-state index contributed by atoms with van der Waals surface area (Å²) < 4.78 is 18.1. The molecule has 0 aliphatic carbocycles. The van der Waals surface area contributed by atoms with Crippen LogP contribution in [-0.2, 0) is 32.0 Å². The third-order valence-electron chi connectivity index (χ3n) is 9.73. The molecule has 0 radical (unpaired) electrons. The number of aliphatic hydroxyl groups is 1. The van der Waals surface area contributed by atoms with E-state index >= 15 is 0 Å². The maximum absolute atomic E-state index is 12.9. The minimum absolute atomic E-state index is 0.00229. The van der Waals surface area contributed by atoms with Gasteiger partial charge in [0.05, 0.1) is 25.9 Å². The first kappa shape index (κ1) is 34.1. The number of rotatable bonds is 12. The molecule has 3 aliphatic rings. The lowest BCUT2D eigenvalue weighted by Crippen LogP contribution is -2.45. The second-order valence-electron chi connectivity index (χ2n) is 13.1. The summed E-state index contributed by atoms with van der Waals surface area (Å²) in [4.78, 5) is 30.5. The van der Waals surface area contributed by atoms with Gasteiger partial charge in [0.25, 0.3) is 0 Å². The fourth-order valence-electron chi connectivity index (χ4n) is 7.13. The quantitative estimate of drug-likeness (QED) is 0.229. The standard InChI is InChI=1S/C38H48N4O6/c1-46-36(44)34(22-27-8-3-2-4-9-27)40-38(45)39-31-17-15-30(16-18-31)37-47-33(23-35(48-37)29-13-11-28(26-43)12-14-29)25-42-21-7-10-32(42)24-41-19-5-6-20-41/h2-4,8-9,11-18,32-35,37,43H,5-7,10,19-26H2,1H3,(H2,39,40,45)/t32-,33+,34-,35-,37-/m0/s1. The van der Waals surface area contributed by atoms with Gasteiger partial charge in [-0.25, -0.2) is 9.59 Å². The summed E-state index contributed by atoms with van der Waals surface area (Å²) in [5.74, 6) is -0.512. The number of esters is 1. The smallest absolute Gasteiger partial charge is 0.328 e. The third kappa shape index (κ3) is 9.00. The summed E-state index contributed by atoms with van der Waals surface area (Å²) in [7, 11) is 1.31. The Morgan fingerprint density at radius 3 is 2.31 bits per heavy atom. The normalized spacial score (nSPS) is 23.9. The van der Waals surface area contributed by atoms with Gasteiger partial charge in [-0.3, -0.25) is 4.90 Å². The van der Waals surface area contributed by atoms with E-state index in [0.717, 1.165) is 48.3 Å². The number of anilines is 1. The van der Waals surface area contributed by atoms with Crippen molar-refractivity contribution in [3.8, 4) is 0 Å². The molecule has 0 spiro atoms. The fourth-order valence-corrected chi connectivity index (χ4v) is 7.13. The zero-order valence-corrected chi connectivity index (χ0v) is 27.8. The summed E-state index contributed by atoms with van der Waals surface area (Å²) in [6.07, 6.45) is 5.34. The van der Waals surface area contributed by atoms with Crippen molar-refractivity contribution in [3.05, 3.63) is 101 Å². The predicted octanol–water partition coefficient (Wildman–Crippen LogP) is 5.19. The van der Waals surface area contributed by atoms with Gasteiger partial charge in [-0.05, 0) is 74.1 Å². The van der Waals surface area contributed by atoms with Crippen molar-refractivity contribution in [1.82, 2.24) is 15.1 Å². The minimum atomic E-state index is -0.827. The first-order chi connectivity index (χ1) is 23.5. The van der Waals surface area contributed by atoms with Gasteiger partial charge in [0.2, 0.25) is 0 Å². The van der Waals surface area contributed by atoms with Gasteiger partial charge in [0.15, 0.2) is 6.29 Å². The number of nitrogens with one attached hydrogen (secondary N) is 2. The van der Waals surface area contributed by atoms with Crippen LogP contribution in [0, 0.1) is 0 Å². The number of hydrogen-bond acceptors (Lipinski definition) is 8. The van der Waals surface area contributed by atoms with Gasteiger partial charge < -0.3 is 34.9 Å². The van der Waals surface area contributed by atoms with Crippen molar-refractivity contribution in [3.63, 3.8) is 0 Å². The molecule has 3 saturated heterocycles. The molecule has 48 heavy (non-hydrogen) atoms. The number of ether oxygens (including phenoxy) is 3. The van der Waals surface area contributed by atoms with E-state index in [1.54, 1.807) is 0 Å². The van der Waals surface area contributed by atoms with Crippen LogP contribution in [0.2, 0.25) is 0 Å². The molecule has 6 rings (SSSR count). The van der Waals surface area contributed by atoms with Gasteiger partial charge in [-0.1, -0.05) is 66.7 Å². The van der Waals surface area contributed by atoms with Gasteiger partial charge in [0.1, 0.15) is 6.04 Å². The summed E-state index contributed by atoms with van der Waals surface area (Å²) in [6.45, 7) is 5.49. The molecule has 0 unspecified atom stereocenters. The average Bonchev–Trinajstić information content (AvgIpc) is 3.80. The molecular formula is C38H48N4O6. The number of methoxy groups -OCH3 is 1. The number of aliphatic hydroxyl groups excluding tert-OH is 1. The largest absolute Gasteiger partial charge is 0.467 e. The lowest BCUT2D eigenvalue weighted by Gasteiger charge is -2.39. The maximum Gasteiger partial charge on any atom is 0.328 e. The van der Waals surface area contributed by atoms with E-state index in [1.165, 1.54) is 45.9 Å². The van der Waals surface area contributed by atoms with Crippen LogP contribution in [0.15, 0.2) is 78.9 Å². The van der Waals surface area contributed by atoms with E-state index in [-0.39, 0.29) is 18.8 Å². The molecule has 3 fully saturated rings. The first-order valence-corrected chi connectivity index (χ1v) is 17.2. The van der Waals surface area contributed by atoms with E-state index in [4.69, 9.17) is 14.2 Å².